The van der Waals surface area contributed by atoms with E-state index in [1.165, 1.54) is 10.4 Å². The van der Waals surface area contributed by atoms with E-state index in [0.717, 1.165) is 50.0 Å². The Bertz CT molecular complexity index is 638. The van der Waals surface area contributed by atoms with Crippen molar-refractivity contribution in [2.24, 2.45) is 4.99 Å². The second kappa shape index (κ2) is 10.8. The van der Waals surface area contributed by atoms with E-state index in [1.54, 1.807) is 18.4 Å². The summed E-state index contributed by atoms with van der Waals surface area (Å²) >= 11 is 1.76. The summed E-state index contributed by atoms with van der Waals surface area (Å²) in [6, 6.07) is 10.6. The Labute approximate surface area is 155 Å². The van der Waals surface area contributed by atoms with E-state index >= 15 is 0 Å². The summed E-state index contributed by atoms with van der Waals surface area (Å²) in [5.41, 5.74) is 1.35. The monoisotopic (exact) mass is 359 g/mol. The van der Waals surface area contributed by atoms with Crippen molar-refractivity contribution in [2.75, 3.05) is 27.2 Å². The van der Waals surface area contributed by atoms with E-state index in [9.17, 15) is 0 Å². The van der Waals surface area contributed by atoms with Gasteiger partial charge < -0.3 is 15.5 Å². The van der Waals surface area contributed by atoms with Gasteiger partial charge in [0.1, 0.15) is 5.01 Å². The second-order valence-electron chi connectivity index (χ2n) is 6.00. The number of rotatable bonds is 9. The zero-order chi connectivity index (χ0) is 17.9. The average molecular weight is 360 g/mol. The summed E-state index contributed by atoms with van der Waals surface area (Å²) in [5.74, 6) is 0.832. The molecule has 0 spiro atoms. The molecule has 6 heteroatoms. The molecule has 2 N–H and O–H groups in total. The lowest BCUT2D eigenvalue weighted by atomic mass is 10.2. The second-order valence-corrected chi connectivity index (χ2v) is 7.20. The normalized spacial score (nSPS) is 11.8. The highest BCUT2D eigenvalue weighted by Crippen LogP contribution is 2.12. The molecule has 2 rings (SSSR count). The molecule has 0 saturated carbocycles. The number of aryl methyl sites for hydroxylation is 1. The maximum absolute atomic E-state index is 4.42. The Kier molecular flexibility index (Phi) is 8.42. The van der Waals surface area contributed by atoms with Crippen LogP contribution in [0.25, 0.3) is 0 Å². The van der Waals surface area contributed by atoms with Gasteiger partial charge in [0.25, 0.3) is 0 Å². The molecule has 0 atom stereocenters. The molecule has 1 aromatic heterocycles. The summed E-state index contributed by atoms with van der Waals surface area (Å²) in [7, 11) is 3.96. The summed E-state index contributed by atoms with van der Waals surface area (Å²) < 4.78 is 0. The number of benzene rings is 1. The fourth-order valence-corrected chi connectivity index (χ4v) is 3.31. The van der Waals surface area contributed by atoms with Crippen LogP contribution in [0.3, 0.4) is 0 Å². The Morgan fingerprint density at radius 2 is 2.04 bits per heavy atom. The third-order valence-corrected chi connectivity index (χ3v) is 5.03. The van der Waals surface area contributed by atoms with Gasteiger partial charge in [-0.15, -0.1) is 11.3 Å². The molecule has 2 aromatic rings. The molecule has 0 fully saturated rings. The maximum atomic E-state index is 4.42. The zero-order valence-corrected chi connectivity index (χ0v) is 16.3. The number of aromatic nitrogens is 1. The topological polar surface area (TPSA) is 52.6 Å². The van der Waals surface area contributed by atoms with Gasteiger partial charge in [0.15, 0.2) is 5.96 Å². The third-order valence-electron chi connectivity index (χ3n) is 3.88. The van der Waals surface area contributed by atoms with Crippen molar-refractivity contribution in [2.45, 2.75) is 32.9 Å². The molecule has 0 unspecified atom stereocenters. The molecule has 0 aliphatic carbocycles. The number of hydrogen-bond donors (Lipinski definition) is 2. The first kappa shape index (κ1) is 19.4. The third kappa shape index (κ3) is 7.23. The minimum atomic E-state index is 0.720. The van der Waals surface area contributed by atoms with E-state index < -0.39 is 0 Å². The molecule has 25 heavy (non-hydrogen) atoms. The number of aliphatic imine (C=N–C) groups is 1. The summed E-state index contributed by atoms with van der Waals surface area (Å²) in [4.78, 5) is 12.4. The van der Waals surface area contributed by atoms with Crippen molar-refractivity contribution in [3.63, 3.8) is 0 Å². The van der Waals surface area contributed by atoms with Gasteiger partial charge >= 0.3 is 0 Å². The Morgan fingerprint density at radius 3 is 2.72 bits per heavy atom. The van der Waals surface area contributed by atoms with Crippen LogP contribution in [0.5, 0.6) is 0 Å². The Morgan fingerprint density at radius 1 is 1.24 bits per heavy atom. The highest BCUT2D eigenvalue weighted by molar-refractivity contribution is 7.11. The molecule has 0 bridgehead atoms. The van der Waals surface area contributed by atoms with Gasteiger partial charge in [-0.05, 0) is 32.0 Å². The number of nitrogens with one attached hydrogen (secondary N) is 2. The molecule has 1 heterocycles. The minimum absolute atomic E-state index is 0.720. The molecule has 0 amide bonds. The highest BCUT2D eigenvalue weighted by Gasteiger charge is 2.03. The number of thiazole rings is 1. The largest absolute Gasteiger partial charge is 0.356 e. The van der Waals surface area contributed by atoms with Gasteiger partial charge in [0, 0.05) is 31.2 Å². The molecule has 0 radical (unpaired) electrons. The molecular formula is C19H29N5S. The van der Waals surface area contributed by atoms with Crippen LogP contribution in [0.4, 0.5) is 0 Å². The summed E-state index contributed by atoms with van der Waals surface area (Å²) in [6.07, 6.45) is 4.07. The predicted octanol–water partition coefficient (Wildman–Crippen LogP) is 2.89. The quantitative estimate of drug-likeness (QED) is 0.411. The van der Waals surface area contributed by atoms with Crippen LogP contribution in [0, 0.1) is 0 Å². The van der Waals surface area contributed by atoms with Gasteiger partial charge in [-0.1, -0.05) is 37.3 Å². The lowest BCUT2D eigenvalue weighted by Gasteiger charge is -2.17. The van der Waals surface area contributed by atoms with Crippen molar-refractivity contribution in [3.8, 4) is 0 Å². The molecule has 0 aliphatic heterocycles. The van der Waals surface area contributed by atoms with Crippen LogP contribution in [-0.2, 0) is 19.5 Å². The molecular weight excluding hydrogens is 330 g/mol. The lowest BCUT2D eigenvalue weighted by Crippen LogP contribution is -2.38. The van der Waals surface area contributed by atoms with Gasteiger partial charge in [-0.3, -0.25) is 4.99 Å². The standard InChI is InChI=1S/C19H29N5S/c1-4-17-13-22-18(25-17)14-23-19(20-2)21-11-8-12-24(3)15-16-9-6-5-7-10-16/h5-7,9-10,13H,4,8,11-12,14-15H2,1-3H3,(H2,20,21,23). The highest BCUT2D eigenvalue weighted by atomic mass is 32.1. The zero-order valence-electron chi connectivity index (χ0n) is 15.5. The smallest absolute Gasteiger partial charge is 0.191 e. The van der Waals surface area contributed by atoms with Crippen molar-refractivity contribution in [1.29, 1.82) is 0 Å². The van der Waals surface area contributed by atoms with Crippen LogP contribution < -0.4 is 10.6 Å². The first-order valence-corrected chi connectivity index (χ1v) is 9.63. The first-order valence-electron chi connectivity index (χ1n) is 8.81. The number of hydrogen-bond acceptors (Lipinski definition) is 4. The fraction of sp³-hybridized carbons (Fsp3) is 0.474. The van der Waals surface area contributed by atoms with Crippen molar-refractivity contribution in [3.05, 3.63) is 52.0 Å². The van der Waals surface area contributed by atoms with Gasteiger partial charge in [-0.2, -0.15) is 0 Å². The number of guanidine groups is 1. The van der Waals surface area contributed by atoms with E-state index in [0.29, 0.717) is 0 Å². The number of nitrogens with zero attached hydrogens (tertiary/aromatic N) is 3. The van der Waals surface area contributed by atoms with E-state index in [2.05, 4.69) is 69.8 Å². The van der Waals surface area contributed by atoms with Crippen molar-refractivity contribution in [1.82, 2.24) is 20.5 Å². The minimum Gasteiger partial charge on any atom is -0.356 e. The lowest BCUT2D eigenvalue weighted by molar-refractivity contribution is 0.322. The SMILES string of the molecule is CCc1cnc(CNC(=NC)NCCCN(C)Cc2ccccc2)s1. The van der Waals surface area contributed by atoms with Crippen LogP contribution >= 0.6 is 11.3 Å². The van der Waals surface area contributed by atoms with Crippen molar-refractivity contribution < 1.29 is 0 Å². The fourth-order valence-electron chi connectivity index (χ4n) is 2.50. The molecule has 0 saturated heterocycles. The maximum Gasteiger partial charge on any atom is 0.191 e. The van der Waals surface area contributed by atoms with E-state index in [1.807, 2.05) is 6.20 Å². The molecule has 1 aromatic carbocycles. The van der Waals surface area contributed by atoms with Crippen LogP contribution in [-0.4, -0.2) is 43.0 Å². The summed E-state index contributed by atoms with van der Waals surface area (Å²) in [6.45, 7) is 5.80. The molecule has 5 nitrogen and oxygen atoms in total. The van der Waals surface area contributed by atoms with Crippen molar-refractivity contribution >= 4 is 17.3 Å². The van der Waals surface area contributed by atoms with E-state index in [-0.39, 0.29) is 0 Å². The van der Waals surface area contributed by atoms with Gasteiger partial charge in [0.2, 0.25) is 0 Å². The first-order chi connectivity index (χ1) is 12.2. The molecule has 136 valence electrons. The van der Waals surface area contributed by atoms with Crippen LogP contribution in [0.2, 0.25) is 0 Å². The van der Waals surface area contributed by atoms with Crippen LogP contribution in [0.15, 0.2) is 41.5 Å². The summed E-state index contributed by atoms with van der Waals surface area (Å²) in [5, 5.41) is 7.79. The average Bonchev–Trinajstić information content (AvgIpc) is 3.10. The predicted molar refractivity (Wildman–Crippen MR) is 107 cm³/mol. The van der Waals surface area contributed by atoms with Gasteiger partial charge in [0.05, 0.1) is 6.54 Å². The Balaban J connectivity index is 1.62. The Hall–Kier alpha value is -1.92. The molecule has 0 aliphatic rings. The van der Waals surface area contributed by atoms with Gasteiger partial charge in [-0.25, -0.2) is 4.98 Å². The van der Waals surface area contributed by atoms with Crippen LogP contribution in [0.1, 0.15) is 28.8 Å². The van der Waals surface area contributed by atoms with E-state index in [4.69, 9.17) is 0 Å².